The molecule has 0 aromatic heterocycles. The van der Waals surface area contributed by atoms with Crippen molar-refractivity contribution >= 4 is 29.5 Å². The molecule has 114 valence electrons. The van der Waals surface area contributed by atoms with E-state index in [0.717, 1.165) is 5.56 Å². The van der Waals surface area contributed by atoms with Crippen molar-refractivity contribution < 1.29 is 19.5 Å². The molecule has 0 aliphatic heterocycles. The molecule has 0 saturated carbocycles. The summed E-state index contributed by atoms with van der Waals surface area (Å²) >= 11 is 1.25. The zero-order valence-corrected chi connectivity index (χ0v) is 12.3. The number of rotatable bonds is 9. The molecule has 1 aromatic rings. The van der Waals surface area contributed by atoms with Gasteiger partial charge in [-0.2, -0.15) is 11.8 Å². The van der Waals surface area contributed by atoms with Crippen LogP contribution in [-0.2, 0) is 20.8 Å². The van der Waals surface area contributed by atoms with Gasteiger partial charge in [0.15, 0.2) is 0 Å². The van der Waals surface area contributed by atoms with Crippen molar-refractivity contribution in [2.75, 3.05) is 11.5 Å². The SMILES string of the molecule is NC(=O)CSCCC(=O)N[C@H](Cc1ccccc1)C(=O)O. The van der Waals surface area contributed by atoms with E-state index in [1.165, 1.54) is 11.8 Å². The van der Waals surface area contributed by atoms with Gasteiger partial charge in [-0.1, -0.05) is 30.3 Å². The Morgan fingerprint density at radius 1 is 1.24 bits per heavy atom. The van der Waals surface area contributed by atoms with E-state index in [9.17, 15) is 14.4 Å². The summed E-state index contributed by atoms with van der Waals surface area (Å²) in [5.41, 5.74) is 5.82. The molecular formula is C14H18N2O4S. The monoisotopic (exact) mass is 310 g/mol. The maximum atomic E-state index is 11.7. The largest absolute Gasteiger partial charge is 0.480 e. The topological polar surface area (TPSA) is 109 Å². The number of thioether (sulfide) groups is 1. The van der Waals surface area contributed by atoms with Crippen LogP contribution < -0.4 is 11.1 Å². The number of primary amides is 1. The second kappa shape index (κ2) is 9.02. The molecule has 6 nitrogen and oxygen atoms in total. The van der Waals surface area contributed by atoms with Gasteiger partial charge in [0.25, 0.3) is 0 Å². The molecule has 0 bridgehead atoms. The number of nitrogens with two attached hydrogens (primary N) is 1. The van der Waals surface area contributed by atoms with Crippen LogP contribution in [0.25, 0.3) is 0 Å². The minimum Gasteiger partial charge on any atom is -0.480 e. The predicted molar refractivity (Wildman–Crippen MR) is 80.8 cm³/mol. The first kappa shape index (κ1) is 17.0. The zero-order chi connectivity index (χ0) is 15.7. The number of benzene rings is 1. The van der Waals surface area contributed by atoms with Crippen LogP contribution in [-0.4, -0.2) is 40.4 Å². The first-order chi connectivity index (χ1) is 9.99. The van der Waals surface area contributed by atoms with Crippen LogP contribution in [0.5, 0.6) is 0 Å². The third-order valence-corrected chi connectivity index (χ3v) is 3.62. The molecule has 0 heterocycles. The van der Waals surface area contributed by atoms with Gasteiger partial charge in [0.05, 0.1) is 5.75 Å². The van der Waals surface area contributed by atoms with Gasteiger partial charge in [0.1, 0.15) is 6.04 Å². The summed E-state index contributed by atoms with van der Waals surface area (Å²) in [6, 6.07) is 8.14. The van der Waals surface area contributed by atoms with Gasteiger partial charge >= 0.3 is 5.97 Å². The minimum atomic E-state index is -1.07. The van der Waals surface area contributed by atoms with Crippen molar-refractivity contribution in [1.29, 1.82) is 0 Å². The maximum Gasteiger partial charge on any atom is 0.326 e. The highest BCUT2D eigenvalue weighted by Gasteiger charge is 2.20. The number of nitrogens with one attached hydrogen (secondary N) is 1. The number of carboxylic acids is 1. The quantitative estimate of drug-likeness (QED) is 0.572. The first-order valence-electron chi connectivity index (χ1n) is 6.41. The molecule has 0 aliphatic rings. The number of carbonyl (C=O) groups excluding carboxylic acids is 2. The molecule has 0 saturated heterocycles. The van der Waals surface area contributed by atoms with E-state index < -0.39 is 17.9 Å². The molecular weight excluding hydrogens is 292 g/mol. The van der Waals surface area contributed by atoms with E-state index >= 15 is 0 Å². The van der Waals surface area contributed by atoms with Gasteiger partial charge in [-0.05, 0) is 5.56 Å². The lowest BCUT2D eigenvalue weighted by molar-refractivity contribution is -0.141. The average molecular weight is 310 g/mol. The van der Waals surface area contributed by atoms with Crippen molar-refractivity contribution in [2.24, 2.45) is 5.73 Å². The summed E-state index contributed by atoms with van der Waals surface area (Å²) in [7, 11) is 0. The van der Waals surface area contributed by atoms with Crippen LogP contribution in [0.15, 0.2) is 30.3 Å². The molecule has 0 spiro atoms. The highest BCUT2D eigenvalue weighted by Crippen LogP contribution is 2.05. The van der Waals surface area contributed by atoms with Gasteiger partial charge in [-0.3, -0.25) is 9.59 Å². The molecule has 0 unspecified atom stereocenters. The Bertz CT molecular complexity index is 493. The van der Waals surface area contributed by atoms with Gasteiger partial charge < -0.3 is 16.2 Å². The van der Waals surface area contributed by atoms with E-state index in [2.05, 4.69) is 5.32 Å². The Hall–Kier alpha value is -2.02. The van der Waals surface area contributed by atoms with Crippen molar-refractivity contribution in [3.63, 3.8) is 0 Å². The zero-order valence-electron chi connectivity index (χ0n) is 11.5. The molecule has 0 fully saturated rings. The average Bonchev–Trinajstić information content (AvgIpc) is 2.44. The smallest absolute Gasteiger partial charge is 0.326 e. The van der Waals surface area contributed by atoms with Crippen LogP contribution >= 0.6 is 11.8 Å². The summed E-state index contributed by atoms with van der Waals surface area (Å²) in [5, 5.41) is 11.6. The highest BCUT2D eigenvalue weighted by atomic mass is 32.2. The number of hydrogen-bond donors (Lipinski definition) is 3. The minimum absolute atomic E-state index is 0.149. The third kappa shape index (κ3) is 7.36. The van der Waals surface area contributed by atoms with Gasteiger partial charge in [0, 0.05) is 18.6 Å². The van der Waals surface area contributed by atoms with E-state index in [4.69, 9.17) is 10.8 Å². The lowest BCUT2D eigenvalue weighted by Crippen LogP contribution is -2.42. The highest BCUT2D eigenvalue weighted by molar-refractivity contribution is 7.99. The summed E-state index contributed by atoms with van der Waals surface area (Å²) in [6.07, 6.45) is 0.382. The summed E-state index contributed by atoms with van der Waals surface area (Å²) in [6.45, 7) is 0. The van der Waals surface area contributed by atoms with Crippen molar-refractivity contribution in [3.05, 3.63) is 35.9 Å². The molecule has 7 heteroatoms. The predicted octanol–water partition coefficient (Wildman–Crippen LogP) is 0.407. The number of hydrogen-bond acceptors (Lipinski definition) is 4. The van der Waals surface area contributed by atoms with Gasteiger partial charge in [-0.15, -0.1) is 0 Å². The second-order valence-electron chi connectivity index (χ2n) is 4.42. The number of carbonyl (C=O) groups is 3. The standard InChI is InChI=1S/C14H18N2O4S/c15-12(17)9-21-7-6-13(18)16-11(14(19)20)8-10-4-2-1-3-5-10/h1-5,11H,6-9H2,(H2,15,17)(H,16,18)(H,19,20)/t11-/m1/s1. The third-order valence-electron chi connectivity index (χ3n) is 2.63. The van der Waals surface area contributed by atoms with Crippen LogP contribution in [0.4, 0.5) is 0 Å². The summed E-state index contributed by atoms with van der Waals surface area (Å²) in [5.74, 6) is -1.29. The number of aliphatic carboxylic acids is 1. The Morgan fingerprint density at radius 3 is 2.48 bits per heavy atom. The Balaban J connectivity index is 2.41. The van der Waals surface area contributed by atoms with Crippen molar-refractivity contribution in [2.45, 2.75) is 18.9 Å². The number of carboxylic acid groups (broad SMARTS) is 1. The molecule has 4 N–H and O–H groups in total. The Kier molecular flexibility index (Phi) is 7.31. The second-order valence-corrected chi connectivity index (χ2v) is 5.52. The number of amides is 2. The van der Waals surface area contributed by atoms with E-state index in [1.54, 1.807) is 0 Å². The van der Waals surface area contributed by atoms with Crippen molar-refractivity contribution in [3.8, 4) is 0 Å². The molecule has 1 aromatic carbocycles. The Labute approximate surface area is 127 Å². The first-order valence-corrected chi connectivity index (χ1v) is 7.56. The fraction of sp³-hybridized carbons (Fsp3) is 0.357. The molecule has 1 rings (SSSR count). The molecule has 21 heavy (non-hydrogen) atoms. The molecule has 0 aliphatic carbocycles. The van der Waals surface area contributed by atoms with Crippen LogP contribution in [0.2, 0.25) is 0 Å². The van der Waals surface area contributed by atoms with Crippen molar-refractivity contribution in [1.82, 2.24) is 5.32 Å². The van der Waals surface area contributed by atoms with Crippen LogP contribution in [0.3, 0.4) is 0 Å². The fourth-order valence-electron chi connectivity index (χ4n) is 1.65. The van der Waals surface area contributed by atoms with E-state index in [1.807, 2.05) is 30.3 Å². The van der Waals surface area contributed by atoms with Crippen LogP contribution in [0, 0.1) is 0 Å². The lowest BCUT2D eigenvalue weighted by atomic mass is 10.1. The normalized spacial score (nSPS) is 11.6. The van der Waals surface area contributed by atoms with E-state index in [0.29, 0.717) is 5.75 Å². The fourth-order valence-corrected chi connectivity index (χ4v) is 2.33. The Morgan fingerprint density at radius 2 is 1.90 bits per heavy atom. The molecule has 1 atom stereocenters. The van der Waals surface area contributed by atoms with Gasteiger partial charge in [0.2, 0.25) is 11.8 Å². The molecule has 2 amide bonds. The maximum absolute atomic E-state index is 11.7. The molecule has 0 radical (unpaired) electrons. The van der Waals surface area contributed by atoms with Crippen LogP contribution in [0.1, 0.15) is 12.0 Å². The lowest BCUT2D eigenvalue weighted by Gasteiger charge is -2.14. The summed E-state index contributed by atoms with van der Waals surface area (Å²) < 4.78 is 0. The van der Waals surface area contributed by atoms with Gasteiger partial charge in [-0.25, -0.2) is 4.79 Å². The van der Waals surface area contributed by atoms with E-state index in [-0.39, 0.29) is 24.5 Å². The summed E-state index contributed by atoms with van der Waals surface area (Å²) in [4.78, 5) is 33.4.